The van der Waals surface area contributed by atoms with Crippen LogP contribution in [0.2, 0.25) is 0 Å². The molecule has 0 aliphatic carbocycles. The molecule has 1 amide bonds. The third-order valence-corrected chi connectivity index (χ3v) is 3.44. The van der Waals surface area contributed by atoms with E-state index in [1.54, 1.807) is 24.3 Å². The molecule has 25 heavy (non-hydrogen) atoms. The molecule has 0 bridgehead atoms. The van der Waals surface area contributed by atoms with Gasteiger partial charge in [-0.3, -0.25) is 4.79 Å². The second-order valence-electron chi connectivity index (χ2n) is 5.16. The monoisotopic (exact) mass is 353 g/mol. The maximum atomic E-state index is 13.6. The summed E-state index contributed by atoms with van der Waals surface area (Å²) in [5.74, 6) is -6.11. The van der Waals surface area contributed by atoms with Crippen molar-refractivity contribution in [1.82, 2.24) is 5.32 Å². The molecule has 0 radical (unpaired) electrons. The molecular weight excluding hydrogens is 339 g/mol. The summed E-state index contributed by atoms with van der Waals surface area (Å²) in [5, 5.41) is 11.3. The molecule has 0 spiro atoms. The zero-order valence-corrected chi connectivity index (χ0v) is 13.1. The molecule has 8 heteroatoms. The molecule has 0 unspecified atom stereocenters. The lowest BCUT2D eigenvalue weighted by molar-refractivity contribution is -0.139. The van der Waals surface area contributed by atoms with E-state index in [1.807, 2.05) is 5.32 Å². The van der Waals surface area contributed by atoms with Gasteiger partial charge in [-0.1, -0.05) is 12.1 Å². The Kier molecular flexibility index (Phi) is 5.63. The predicted octanol–water partition coefficient (Wildman–Crippen LogP) is 2.54. The van der Waals surface area contributed by atoms with Gasteiger partial charge in [-0.2, -0.15) is 0 Å². The number of hydrogen-bond acceptors (Lipinski definition) is 3. The number of rotatable bonds is 6. The van der Waals surface area contributed by atoms with E-state index in [-0.39, 0.29) is 6.42 Å². The Bertz CT molecular complexity index is 770. The van der Waals surface area contributed by atoms with Crippen molar-refractivity contribution >= 4 is 11.9 Å². The molecule has 2 aromatic rings. The van der Waals surface area contributed by atoms with Gasteiger partial charge in [0.1, 0.15) is 34.8 Å². The topological polar surface area (TPSA) is 75.6 Å². The largest absolute Gasteiger partial charge is 0.497 e. The summed E-state index contributed by atoms with van der Waals surface area (Å²) in [6.07, 6.45) is -0.116. The molecule has 0 heterocycles. The molecule has 0 aliphatic heterocycles. The number of carboxylic acid groups (broad SMARTS) is 1. The van der Waals surface area contributed by atoms with Crippen molar-refractivity contribution in [3.05, 3.63) is 65.0 Å². The smallest absolute Gasteiger partial charge is 0.326 e. The third kappa shape index (κ3) is 4.50. The van der Waals surface area contributed by atoms with E-state index in [2.05, 4.69) is 0 Å². The number of amides is 1. The zero-order valence-electron chi connectivity index (χ0n) is 13.1. The SMILES string of the molecule is COc1ccc(C[C@@H](NC(=O)c2c(F)cc(F)cc2F)C(=O)O)cc1. The number of nitrogens with one attached hydrogen (secondary N) is 1. The van der Waals surface area contributed by atoms with Crippen LogP contribution < -0.4 is 10.1 Å². The number of hydrogen-bond donors (Lipinski definition) is 2. The fourth-order valence-electron chi connectivity index (χ4n) is 2.19. The molecule has 1 atom stereocenters. The van der Waals surface area contributed by atoms with Crippen LogP contribution in [0.4, 0.5) is 13.2 Å². The van der Waals surface area contributed by atoms with Gasteiger partial charge in [-0.05, 0) is 17.7 Å². The highest BCUT2D eigenvalue weighted by Crippen LogP contribution is 2.16. The molecule has 0 saturated carbocycles. The highest BCUT2D eigenvalue weighted by molar-refractivity contribution is 5.97. The third-order valence-electron chi connectivity index (χ3n) is 3.44. The summed E-state index contributed by atoms with van der Waals surface area (Å²) < 4.78 is 45.1. The Morgan fingerprint density at radius 3 is 2.16 bits per heavy atom. The first-order chi connectivity index (χ1) is 11.8. The van der Waals surface area contributed by atoms with Crippen molar-refractivity contribution in [3.63, 3.8) is 0 Å². The minimum Gasteiger partial charge on any atom is -0.497 e. The van der Waals surface area contributed by atoms with E-state index in [0.29, 0.717) is 23.4 Å². The molecule has 0 aromatic heterocycles. The van der Waals surface area contributed by atoms with Crippen molar-refractivity contribution in [2.24, 2.45) is 0 Å². The first-order valence-corrected chi connectivity index (χ1v) is 7.13. The molecule has 132 valence electrons. The predicted molar refractivity (Wildman–Crippen MR) is 81.9 cm³/mol. The molecule has 0 saturated heterocycles. The van der Waals surface area contributed by atoms with Crippen LogP contribution in [0.15, 0.2) is 36.4 Å². The number of carboxylic acids is 1. The first kappa shape index (κ1) is 18.3. The fraction of sp³-hybridized carbons (Fsp3) is 0.176. The summed E-state index contributed by atoms with van der Waals surface area (Å²) in [4.78, 5) is 23.3. The molecular formula is C17H14F3NO4. The normalized spacial score (nSPS) is 11.7. The molecule has 2 rings (SSSR count). The Balaban J connectivity index is 2.18. The van der Waals surface area contributed by atoms with Gasteiger partial charge in [0.15, 0.2) is 0 Å². The lowest BCUT2D eigenvalue weighted by Gasteiger charge is -2.15. The van der Waals surface area contributed by atoms with Gasteiger partial charge in [-0.15, -0.1) is 0 Å². The number of carbonyl (C=O) groups excluding carboxylic acids is 1. The number of aliphatic carboxylic acids is 1. The zero-order chi connectivity index (χ0) is 18.6. The van der Waals surface area contributed by atoms with Gasteiger partial charge in [0, 0.05) is 18.6 Å². The van der Waals surface area contributed by atoms with E-state index in [1.165, 1.54) is 7.11 Å². The molecule has 2 aromatic carbocycles. The number of benzene rings is 2. The summed E-state index contributed by atoms with van der Waals surface area (Å²) in [6, 6.07) is 5.67. The van der Waals surface area contributed by atoms with Crippen LogP contribution in [0.3, 0.4) is 0 Å². The number of ether oxygens (including phenoxy) is 1. The second-order valence-corrected chi connectivity index (χ2v) is 5.16. The lowest BCUT2D eigenvalue weighted by Crippen LogP contribution is -2.43. The van der Waals surface area contributed by atoms with Gasteiger partial charge >= 0.3 is 5.97 Å². The van der Waals surface area contributed by atoms with Gasteiger partial charge in [0.2, 0.25) is 0 Å². The highest BCUT2D eigenvalue weighted by atomic mass is 19.1. The molecule has 0 aliphatic rings. The van der Waals surface area contributed by atoms with E-state index < -0.39 is 40.9 Å². The van der Waals surface area contributed by atoms with E-state index in [4.69, 9.17) is 4.74 Å². The van der Waals surface area contributed by atoms with Crippen molar-refractivity contribution in [3.8, 4) is 5.75 Å². The standard InChI is InChI=1S/C17H14F3NO4/c1-25-11-4-2-9(3-5-11)6-14(17(23)24)21-16(22)15-12(19)7-10(18)8-13(15)20/h2-5,7-8,14H,6H2,1H3,(H,21,22)(H,23,24)/t14-/m1/s1. The summed E-state index contributed by atoms with van der Waals surface area (Å²) in [6.45, 7) is 0. The maximum absolute atomic E-state index is 13.6. The minimum atomic E-state index is -1.43. The number of carbonyl (C=O) groups is 2. The maximum Gasteiger partial charge on any atom is 0.326 e. The Morgan fingerprint density at radius 1 is 1.12 bits per heavy atom. The van der Waals surface area contributed by atoms with Crippen LogP contribution in [0.5, 0.6) is 5.75 Å². The number of halogens is 3. The molecule has 0 fully saturated rings. The summed E-state index contributed by atoms with van der Waals surface area (Å²) >= 11 is 0. The van der Waals surface area contributed by atoms with Gasteiger partial charge in [-0.25, -0.2) is 18.0 Å². The van der Waals surface area contributed by atoms with Crippen molar-refractivity contribution in [2.45, 2.75) is 12.5 Å². The summed E-state index contributed by atoms with van der Waals surface area (Å²) in [7, 11) is 1.47. The van der Waals surface area contributed by atoms with Crippen LogP contribution in [-0.4, -0.2) is 30.1 Å². The van der Waals surface area contributed by atoms with Crippen LogP contribution in [-0.2, 0) is 11.2 Å². The second kappa shape index (κ2) is 7.69. The average molecular weight is 353 g/mol. The lowest BCUT2D eigenvalue weighted by atomic mass is 10.0. The average Bonchev–Trinajstić information content (AvgIpc) is 2.53. The van der Waals surface area contributed by atoms with Crippen molar-refractivity contribution in [2.75, 3.05) is 7.11 Å². The quantitative estimate of drug-likeness (QED) is 0.837. The van der Waals surface area contributed by atoms with Crippen LogP contribution in [0.1, 0.15) is 15.9 Å². The van der Waals surface area contributed by atoms with E-state index >= 15 is 0 Å². The summed E-state index contributed by atoms with van der Waals surface area (Å²) in [5.41, 5.74) is -0.476. The van der Waals surface area contributed by atoms with E-state index in [9.17, 15) is 27.9 Å². The molecule has 2 N–H and O–H groups in total. The van der Waals surface area contributed by atoms with E-state index in [0.717, 1.165) is 0 Å². The van der Waals surface area contributed by atoms with Gasteiger partial charge < -0.3 is 15.2 Å². The minimum absolute atomic E-state index is 0.116. The van der Waals surface area contributed by atoms with Crippen LogP contribution >= 0.6 is 0 Å². The van der Waals surface area contributed by atoms with Crippen LogP contribution in [0, 0.1) is 17.5 Å². The van der Waals surface area contributed by atoms with Crippen LogP contribution in [0.25, 0.3) is 0 Å². The Labute approximate surface area is 141 Å². The number of methoxy groups -OCH3 is 1. The van der Waals surface area contributed by atoms with Crippen molar-refractivity contribution in [1.29, 1.82) is 0 Å². The first-order valence-electron chi connectivity index (χ1n) is 7.13. The Hall–Kier alpha value is -3.03. The van der Waals surface area contributed by atoms with Crippen molar-refractivity contribution < 1.29 is 32.6 Å². The highest BCUT2D eigenvalue weighted by Gasteiger charge is 2.25. The van der Waals surface area contributed by atoms with Gasteiger partial charge in [0.25, 0.3) is 5.91 Å². The fourth-order valence-corrected chi connectivity index (χ4v) is 2.19. The van der Waals surface area contributed by atoms with Gasteiger partial charge in [0.05, 0.1) is 7.11 Å². The Morgan fingerprint density at radius 2 is 1.68 bits per heavy atom. The molecule has 5 nitrogen and oxygen atoms in total.